The highest BCUT2D eigenvalue weighted by Gasteiger charge is 1.90. The van der Waals surface area contributed by atoms with E-state index in [-0.39, 0.29) is 0 Å². The van der Waals surface area contributed by atoms with Gasteiger partial charge in [0.1, 0.15) is 0 Å². The minimum atomic E-state index is 0.411. The van der Waals surface area contributed by atoms with Gasteiger partial charge in [0.25, 0.3) is 0 Å². The summed E-state index contributed by atoms with van der Waals surface area (Å²) < 4.78 is 1.83. The molecule has 13 heavy (non-hydrogen) atoms. The first-order valence-electron chi connectivity index (χ1n) is 3.81. The minimum absolute atomic E-state index is 0.411. The molecule has 0 fully saturated rings. The fourth-order valence-electron chi connectivity index (χ4n) is 0.778. The van der Waals surface area contributed by atoms with Crippen LogP contribution < -0.4 is 0 Å². The van der Waals surface area contributed by atoms with Gasteiger partial charge < -0.3 is 4.57 Å². The number of aryl methyl sites for hydroxylation is 1. The van der Waals surface area contributed by atoms with Gasteiger partial charge in [0.05, 0.1) is 0 Å². The molecule has 66 valence electrons. The van der Waals surface area contributed by atoms with Gasteiger partial charge in [-0.15, -0.1) is 0 Å². The number of rotatable bonds is 2. The van der Waals surface area contributed by atoms with Crippen molar-refractivity contribution in [1.29, 1.82) is 0 Å². The van der Waals surface area contributed by atoms with Crippen molar-refractivity contribution in [3.8, 4) is 11.8 Å². The summed E-state index contributed by atoms with van der Waals surface area (Å²) in [6.07, 6.45) is 4.09. The zero-order valence-corrected chi connectivity index (χ0v) is 7.30. The van der Waals surface area contributed by atoms with E-state index >= 15 is 0 Å². The van der Waals surface area contributed by atoms with Crippen LogP contribution in [0.25, 0.3) is 10.4 Å². The van der Waals surface area contributed by atoms with Crippen LogP contribution in [0, 0.1) is 11.8 Å². The fourth-order valence-corrected chi connectivity index (χ4v) is 0.778. The maximum atomic E-state index is 7.99. The van der Waals surface area contributed by atoms with Crippen LogP contribution in [0.4, 0.5) is 0 Å². The van der Waals surface area contributed by atoms with Crippen LogP contribution in [0.2, 0.25) is 0 Å². The maximum absolute atomic E-state index is 7.99. The van der Waals surface area contributed by atoms with E-state index in [1.807, 2.05) is 17.8 Å². The lowest BCUT2D eigenvalue weighted by molar-refractivity contribution is 0.892. The molecule has 0 saturated carbocycles. The highest BCUT2D eigenvalue weighted by molar-refractivity contribution is 5.21. The third-order valence-electron chi connectivity index (χ3n) is 1.42. The molecular weight excluding hydrogens is 166 g/mol. The summed E-state index contributed by atoms with van der Waals surface area (Å²) in [5, 5.41) is 3.36. The lowest BCUT2D eigenvalue weighted by Crippen LogP contribution is -1.90. The number of hydrogen-bond acceptors (Lipinski definition) is 2. The van der Waals surface area contributed by atoms with Crippen molar-refractivity contribution < 1.29 is 0 Å². The van der Waals surface area contributed by atoms with E-state index in [9.17, 15) is 0 Å². The third-order valence-corrected chi connectivity index (χ3v) is 1.42. The van der Waals surface area contributed by atoms with Crippen LogP contribution in [-0.4, -0.2) is 16.1 Å². The SMILES string of the molecule is Cn1ccnc1C#CCCN=[N+]=[N-]. The van der Waals surface area contributed by atoms with Gasteiger partial charge in [0.2, 0.25) is 0 Å². The Bertz CT molecular complexity index is 375. The van der Waals surface area contributed by atoms with Crippen molar-refractivity contribution >= 4 is 0 Å². The Morgan fingerprint density at radius 1 is 1.77 bits per heavy atom. The van der Waals surface area contributed by atoms with Crippen LogP contribution in [0.5, 0.6) is 0 Å². The van der Waals surface area contributed by atoms with Crippen molar-refractivity contribution in [1.82, 2.24) is 9.55 Å². The van der Waals surface area contributed by atoms with Crippen LogP contribution in [0.1, 0.15) is 12.2 Å². The molecule has 0 aromatic carbocycles. The second-order valence-electron chi connectivity index (χ2n) is 2.37. The molecule has 0 aliphatic carbocycles. The third kappa shape index (κ3) is 2.89. The number of imidazole rings is 1. The fraction of sp³-hybridized carbons (Fsp3) is 0.375. The van der Waals surface area contributed by atoms with E-state index in [0.717, 1.165) is 5.82 Å². The molecule has 0 amide bonds. The Hall–Kier alpha value is -1.92. The van der Waals surface area contributed by atoms with Gasteiger partial charge in [-0.25, -0.2) is 4.98 Å². The standard InChI is InChI=1S/C8H9N5/c1-13-7-6-10-8(13)4-2-3-5-11-12-9/h6-7H,3,5H2,1H3. The zero-order valence-electron chi connectivity index (χ0n) is 7.30. The van der Waals surface area contributed by atoms with Crippen molar-refractivity contribution in [3.05, 3.63) is 28.7 Å². The largest absolute Gasteiger partial charge is 0.327 e. The van der Waals surface area contributed by atoms with Crippen molar-refractivity contribution in [3.63, 3.8) is 0 Å². The summed E-state index contributed by atoms with van der Waals surface area (Å²) in [6, 6.07) is 0. The van der Waals surface area contributed by atoms with Crippen molar-refractivity contribution in [2.45, 2.75) is 6.42 Å². The Morgan fingerprint density at radius 2 is 2.62 bits per heavy atom. The number of azide groups is 1. The van der Waals surface area contributed by atoms with Crippen molar-refractivity contribution in [2.24, 2.45) is 12.2 Å². The summed E-state index contributed by atoms with van der Waals surface area (Å²) >= 11 is 0. The van der Waals surface area contributed by atoms with E-state index in [1.165, 1.54) is 0 Å². The lowest BCUT2D eigenvalue weighted by Gasteiger charge is -1.88. The van der Waals surface area contributed by atoms with E-state index in [4.69, 9.17) is 5.53 Å². The molecule has 1 aromatic rings. The molecule has 1 aromatic heterocycles. The molecule has 0 unspecified atom stereocenters. The molecular formula is C8H9N5. The zero-order chi connectivity index (χ0) is 9.52. The average molecular weight is 175 g/mol. The normalized spacial score (nSPS) is 8.38. The van der Waals surface area contributed by atoms with Gasteiger partial charge in [-0.2, -0.15) is 0 Å². The Labute approximate surface area is 76.0 Å². The Balaban J connectivity index is 2.48. The van der Waals surface area contributed by atoms with Crippen LogP contribution in [0.3, 0.4) is 0 Å². The molecule has 0 aliphatic rings. The highest BCUT2D eigenvalue weighted by atomic mass is 15.1. The quantitative estimate of drug-likeness (QED) is 0.220. The predicted octanol–water partition coefficient (Wildman–Crippen LogP) is 1.47. The lowest BCUT2D eigenvalue weighted by atomic mass is 10.4. The van der Waals surface area contributed by atoms with Crippen molar-refractivity contribution in [2.75, 3.05) is 6.54 Å². The van der Waals surface area contributed by atoms with Gasteiger partial charge in [-0.3, -0.25) is 0 Å². The first-order valence-corrected chi connectivity index (χ1v) is 3.81. The molecule has 0 N–H and O–H groups in total. The van der Waals surface area contributed by atoms with E-state index in [1.54, 1.807) is 6.20 Å². The molecule has 0 bridgehead atoms. The summed E-state index contributed by atoms with van der Waals surface area (Å²) in [5.41, 5.74) is 7.99. The number of aromatic nitrogens is 2. The second-order valence-corrected chi connectivity index (χ2v) is 2.37. The predicted molar refractivity (Wildman–Crippen MR) is 48.7 cm³/mol. The highest BCUT2D eigenvalue weighted by Crippen LogP contribution is 1.90. The summed E-state index contributed by atoms with van der Waals surface area (Å²) in [6.45, 7) is 0.411. The average Bonchev–Trinajstić information content (AvgIpc) is 2.52. The summed E-state index contributed by atoms with van der Waals surface area (Å²) in [7, 11) is 1.88. The number of nitrogens with zero attached hydrogens (tertiary/aromatic N) is 5. The second kappa shape index (κ2) is 4.86. The summed E-state index contributed by atoms with van der Waals surface area (Å²) in [4.78, 5) is 6.64. The van der Waals surface area contributed by atoms with Gasteiger partial charge in [0, 0.05) is 37.3 Å². The van der Waals surface area contributed by atoms with Gasteiger partial charge in [-0.05, 0) is 11.5 Å². The van der Waals surface area contributed by atoms with Crippen LogP contribution in [-0.2, 0) is 7.05 Å². The Morgan fingerprint density at radius 3 is 3.23 bits per heavy atom. The first-order chi connectivity index (χ1) is 6.34. The van der Waals surface area contributed by atoms with Gasteiger partial charge in [-0.1, -0.05) is 11.0 Å². The van der Waals surface area contributed by atoms with Gasteiger partial charge in [0.15, 0.2) is 5.82 Å². The first kappa shape index (κ1) is 9.17. The molecule has 0 radical (unpaired) electrons. The smallest absolute Gasteiger partial charge is 0.185 e. The molecule has 1 heterocycles. The molecule has 0 saturated heterocycles. The Kier molecular flexibility index (Phi) is 3.43. The molecule has 1 rings (SSSR count). The van der Waals surface area contributed by atoms with Gasteiger partial charge >= 0.3 is 0 Å². The maximum Gasteiger partial charge on any atom is 0.185 e. The molecule has 0 spiro atoms. The van der Waals surface area contributed by atoms with E-state index < -0.39 is 0 Å². The minimum Gasteiger partial charge on any atom is -0.327 e. The van der Waals surface area contributed by atoms with E-state index in [2.05, 4.69) is 26.9 Å². The monoisotopic (exact) mass is 175 g/mol. The molecule has 0 atom stereocenters. The summed E-state index contributed by atoms with van der Waals surface area (Å²) in [5.74, 6) is 6.46. The molecule has 5 nitrogen and oxygen atoms in total. The van der Waals surface area contributed by atoms with Crippen LogP contribution in [0.15, 0.2) is 17.5 Å². The topological polar surface area (TPSA) is 66.6 Å². The van der Waals surface area contributed by atoms with Crippen LogP contribution >= 0.6 is 0 Å². The van der Waals surface area contributed by atoms with E-state index in [0.29, 0.717) is 13.0 Å². The molecule has 5 heteroatoms. The number of hydrogen-bond donors (Lipinski definition) is 0. The molecule has 0 aliphatic heterocycles.